The van der Waals surface area contributed by atoms with Crippen molar-refractivity contribution in [3.05, 3.63) is 35.4 Å². The second-order valence-corrected chi connectivity index (χ2v) is 4.15. The highest BCUT2D eigenvalue weighted by atomic mass is 14.0. The van der Waals surface area contributed by atoms with Crippen molar-refractivity contribution in [2.45, 2.75) is 66.2 Å². The van der Waals surface area contributed by atoms with Gasteiger partial charge in [-0.25, -0.2) is 0 Å². The van der Waals surface area contributed by atoms with Crippen LogP contribution in [0.15, 0.2) is 24.3 Å². The van der Waals surface area contributed by atoms with Crippen molar-refractivity contribution in [2.75, 3.05) is 0 Å². The third-order valence-electron chi connectivity index (χ3n) is 2.65. The number of aryl methyl sites for hydroxylation is 2. The van der Waals surface area contributed by atoms with E-state index in [2.05, 4.69) is 38.1 Å². The summed E-state index contributed by atoms with van der Waals surface area (Å²) in [5, 5.41) is 0. The molecule has 0 nitrogen and oxygen atoms in total. The minimum atomic E-state index is 1.26. The molecule has 0 N–H and O–H groups in total. The molecule has 0 heterocycles. The number of unbranched alkanes of at least 4 members (excludes halogenated alkanes) is 4. The van der Waals surface area contributed by atoms with E-state index in [9.17, 15) is 0 Å². The van der Waals surface area contributed by atoms with E-state index in [0.29, 0.717) is 0 Å². The second-order valence-electron chi connectivity index (χ2n) is 4.15. The average molecular weight is 220 g/mol. The fourth-order valence-electron chi connectivity index (χ4n) is 1.80. The predicted molar refractivity (Wildman–Crippen MR) is 75.0 cm³/mol. The monoisotopic (exact) mass is 220 g/mol. The zero-order chi connectivity index (χ0) is 12.2. The minimum absolute atomic E-state index is 1.26. The molecule has 0 fully saturated rings. The predicted octanol–water partition coefficient (Wildman–Crippen LogP) is 5.53. The molecular formula is C16H28. The highest BCUT2D eigenvalue weighted by molar-refractivity contribution is 5.22. The molecule has 0 saturated heterocycles. The van der Waals surface area contributed by atoms with Crippen LogP contribution in [0.4, 0.5) is 0 Å². The van der Waals surface area contributed by atoms with E-state index < -0.39 is 0 Å². The molecule has 16 heavy (non-hydrogen) atoms. The smallest absolute Gasteiger partial charge is 0.0279 e. The Labute approximate surface area is 102 Å². The Kier molecular flexibility index (Phi) is 10.2. The van der Waals surface area contributed by atoms with E-state index in [0.717, 1.165) is 0 Å². The maximum Gasteiger partial charge on any atom is -0.0279 e. The quantitative estimate of drug-likeness (QED) is 0.553. The maximum absolute atomic E-state index is 2.31. The normalized spacial score (nSPS) is 9.50. The molecule has 0 spiro atoms. The molecule has 0 aromatic heterocycles. The molecule has 0 atom stereocenters. The van der Waals surface area contributed by atoms with Gasteiger partial charge in [0, 0.05) is 0 Å². The zero-order valence-corrected chi connectivity index (χ0v) is 11.6. The summed E-state index contributed by atoms with van der Waals surface area (Å²) in [6, 6.07) is 8.88. The van der Waals surface area contributed by atoms with Crippen molar-refractivity contribution in [1.82, 2.24) is 0 Å². The zero-order valence-electron chi connectivity index (χ0n) is 11.6. The SMILES string of the molecule is CC.CCCCCCCc1cccc(C)c1. The third-order valence-corrected chi connectivity index (χ3v) is 2.65. The van der Waals surface area contributed by atoms with Crippen molar-refractivity contribution in [3.8, 4) is 0 Å². The molecular weight excluding hydrogens is 192 g/mol. The molecule has 0 heteroatoms. The van der Waals surface area contributed by atoms with E-state index >= 15 is 0 Å². The van der Waals surface area contributed by atoms with Crippen LogP contribution >= 0.6 is 0 Å². The first-order valence-corrected chi connectivity index (χ1v) is 6.88. The van der Waals surface area contributed by atoms with Gasteiger partial charge in [-0.3, -0.25) is 0 Å². The van der Waals surface area contributed by atoms with Gasteiger partial charge in [0.2, 0.25) is 0 Å². The topological polar surface area (TPSA) is 0 Å². The van der Waals surface area contributed by atoms with Gasteiger partial charge >= 0.3 is 0 Å². The summed E-state index contributed by atoms with van der Waals surface area (Å²) in [7, 11) is 0. The molecule has 92 valence electrons. The molecule has 0 radical (unpaired) electrons. The lowest BCUT2D eigenvalue weighted by atomic mass is 10.0. The van der Waals surface area contributed by atoms with Crippen LogP contribution in [0.5, 0.6) is 0 Å². The highest BCUT2D eigenvalue weighted by Gasteiger charge is 1.93. The summed E-state index contributed by atoms with van der Waals surface area (Å²) in [6.45, 7) is 8.43. The van der Waals surface area contributed by atoms with Crippen LogP contribution in [0, 0.1) is 6.92 Å². The Bertz CT molecular complexity index is 250. The lowest BCUT2D eigenvalue weighted by molar-refractivity contribution is 0.632. The molecule has 1 rings (SSSR count). The molecule has 0 saturated carbocycles. The molecule has 0 amide bonds. The van der Waals surface area contributed by atoms with Gasteiger partial charge in [-0.1, -0.05) is 76.3 Å². The van der Waals surface area contributed by atoms with Crippen LogP contribution in [0.1, 0.15) is 64.0 Å². The fraction of sp³-hybridized carbons (Fsp3) is 0.625. The Morgan fingerprint density at radius 1 is 0.938 bits per heavy atom. The Balaban J connectivity index is 0.00000106. The molecule has 0 aliphatic rings. The van der Waals surface area contributed by atoms with Crippen molar-refractivity contribution < 1.29 is 0 Å². The highest BCUT2D eigenvalue weighted by Crippen LogP contribution is 2.10. The largest absolute Gasteiger partial charge is 0.0683 e. The summed E-state index contributed by atoms with van der Waals surface area (Å²) >= 11 is 0. The number of benzene rings is 1. The van der Waals surface area contributed by atoms with Gasteiger partial charge in [-0.15, -0.1) is 0 Å². The van der Waals surface area contributed by atoms with Gasteiger partial charge in [0.25, 0.3) is 0 Å². The van der Waals surface area contributed by atoms with Crippen LogP contribution < -0.4 is 0 Å². The fourth-order valence-corrected chi connectivity index (χ4v) is 1.80. The number of rotatable bonds is 6. The minimum Gasteiger partial charge on any atom is -0.0683 e. The first-order valence-electron chi connectivity index (χ1n) is 6.88. The Morgan fingerprint density at radius 2 is 1.62 bits per heavy atom. The molecule has 0 unspecified atom stereocenters. The summed E-state index contributed by atoms with van der Waals surface area (Å²) in [6.07, 6.45) is 8.14. The average Bonchev–Trinajstić information content (AvgIpc) is 2.32. The Morgan fingerprint density at radius 3 is 2.25 bits per heavy atom. The lowest BCUT2D eigenvalue weighted by Crippen LogP contribution is -1.86. The van der Waals surface area contributed by atoms with Crippen molar-refractivity contribution in [3.63, 3.8) is 0 Å². The summed E-state index contributed by atoms with van der Waals surface area (Å²) in [5.74, 6) is 0. The van der Waals surface area contributed by atoms with Gasteiger partial charge in [0.15, 0.2) is 0 Å². The van der Waals surface area contributed by atoms with Crippen molar-refractivity contribution in [1.29, 1.82) is 0 Å². The third kappa shape index (κ3) is 7.50. The van der Waals surface area contributed by atoms with E-state index in [1.54, 1.807) is 0 Å². The second kappa shape index (κ2) is 10.7. The van der Waals surface area contributed by atoms with Crippen molar-refractivity contribution >= 4 is 0 Å². The van der Waals surface area contributed by atoms with E-state index in [1.807, 2.05) is 13.8 Å². The van der Waals surface area contributed by atoms with Gasteiger partial charge in [0.1, 0.15) is 0 Å². The van der Waals surface area contributed by atoms with Crippen LogP contribution in [-0.4, -0.2) is 0 Å². The molecule has 0 aliphatic heterocycles. The lowest BCUT2D eigenvalue weighted by Gasteiger charge is -2.02. The molecule has 1 aromatic carbocycles. The van der Waals surface area contributed by atoms with Crippen LogP contribution in [0.3, 0.4) is 0 Å². The van der Waals surface area contributed by atoms with Gasteiger partial charge < -0.3 is 0 Å². The van der Waals surface area contributed by atoms with E-state index in [-0.39, 0.29) is 0 Å². The standard InChI is InChI=1S/C14H22.C2H6/c1-3-4-5-6-7-10-14-11-8-9-13(2)12-14;1-2/h8-9,11-12H,3-7,10H2,1-2H3;1-2H3. The van der Waals surface area contributed by atoms with Crippen LogP contribution in [0.2, 0.25) is 0 Å². The van der Waals surface area contributed by atoms with Gasteiger partial charge in [-0.05, 0) is 25.3 Å². The number of hydrogen-bond donors (Lipinski definition) is 0. The van der Waals surface area contributed by atoms with E-state index in [4.69, 9.17) is 0 Å². The summed E-state index contributed by atoms with van der Waals surface area (Å²) in [5.41, 5.74) is 2.89. The maximum atomic E-state index is 2.31. The van der Waals surface area contributed by atoms with Gasteiger partial charge in [-0.2, -0.15) is 0 Å². The van der Waals surface area contributed by atoms with Crippen LogP contribution in [-0.2, 0) is 6.42 Å². The van der Waals surface area contributed by atoms with E-state index in [1.165, 1.54) is 49.7 Å². The first-order chi connectivity index (χ1) is 7.83. The first kappa shape index (κ1) is 15.2. The van der Waals surface area contributed by atoms with Gasteiger partial charge in [0.05, 0.1) is 0 Å². The summed E-state index contributed by atoms with van der Waals surface area (Å²) in [4.78, 5) is 0. The summed E-state index contributed by atoms with van der Waals surface area (Å²) < 4.78 is 0. The Hall–Kier alpha value is -0.780. The molecule has 0 bridgehead atoms. The molecule has 0 aliphatic carbocycles. The van der Waals surface area contributed by atoms with Crippen molar-refractivity contribution in [2.24, 2.45) is 0 Å². The molecule has 1 aromatic rings. The number of hydrogen-bond acceptors (Lipinski definition) is 0. The van der Waals surface area contributed by atoms with Crippen LogP contribution in [0.25, 0.3) is 0 Å².